The lowest BCUT2D eigenvalue weighted by Crippen LogP contribution is -2.31. The lowest BCUT2D eigenvalue weighted by Gasteiger charge is -2.19. The second kappa shape index (κ2) is 7.14. The molecule has 0 saturated carbocycles. The molecule has 4 heteroatoms. The summed E-state index contributed by atoms with van der Waals surface area (Å²) in [6, 6.07) is 8.23. The topological polar surface area (TPSA) is 41.5 Å². The normalized spacial score (nSPS) is 18.7. The van der Waals surface area contributed by atoms with E-state index in [1.165, 1.54) is 0 Å². The number of hydrazone groups is 1. The Hall–Kier alpha value is -1.99. The third-order valence-corrected chi connectivity index (χ3v) is 4.13. The van der Waals surface area contributed by atoms with Crippen LogP contribution < -0.4 is 5.43 Å². The molecule has 0 aromatic heterocycles. The monoisotopic (exact) mass is 298 g/mol. The summed E-state index contributed by atoms with van der Waals surface area (Å²) in [5, 5.41) is 4.18. The average molecular weight is 298 g/mol. The molecule has 21 heavy (non-hydrogen) atoms. The third-order valence-electron chi connectivity index (χ3n) is 3.23. The van der Waals surface area contributed by atoms with Crippen LogP contribution in [0.5, 0.6) is 0 Å². The number of hydrogen-bond acceptors (Lipinski definition) is 3. The maximum absolute atomic E-state index is 11.3. The van der Waals surface area contributed by atoms with Gasteiger partial charge in [0.2, 0.25) is 5.91 Å². The first-order valence-corrected chi connectivity index (χ1v) is 7.80. The molecule has 1 aliphatic heterocycles. The predicted octanol–water partition coefficient (Wildman–Crippen LogP) is 3.33. The Morgan fingerprint density at radius 1 is 1.62 bits per heavy atom. The van der Waals surface area contributed by atoms with Crippen LogP contribution in [-0.4, -0.2) is 17.4 Å². The average Bonchev–Trinajstić information content (AvgIpc) is 2.45. The van der Waals surface area contributed by atoms with E-state index >= 15 is 0 Å². The number of hydrogen-bond donors (Lipinski definition) is 1. The third kappa shape index (κ3) is 4.24. The molecular formula is C17H18N2OS. The van der Waals surface area contributed by atoms with Crippen molar-refractivity contribution in [1.82, 2.24) is 5.43 Å². The summed E-state index contributed by atoms with van der Waals surface area (Å²) in [4.78, 5) is 12.4. The van der Waals surface area contributed by atoms with Crippen LogP contribution in [0, 0.1) is 18.3 Å². The van der Waals surface area contributed by atoms with Gasteiger partial charge in [-0.05, 0) is 30.2 Å². The van der Waals surface area contributed by atoms with Crippen molar-refractivity contribution < 1.29 is 4.79 Å². The Morgan fingerprint density at radius 2 is 2.43 bits per heavy atom. The number of nitrogens with zero attached hydrogens (tertiary/aromatic N) is 1. The van der Waals surface area contributed by atoms with Gasteiger partial charge in [-0.25, -0.2) is 5.43 Å². The summed E-state index contributed by atoms with van der Waals surface area (Å²) in [6.07, 6.45) is 7.86. The van der Waals surface area contributed by atoms with Crippen LogP contribution in [0.25, 0.3) is 6.08 Å². The number of benzene rings is 1. The van der Waals surface area contributed by atoms with Crippen molar-refractivity contribution in [3.63, 3.8) is 0 Å². The molecule has 1 atom stereocenters. The zero-order valence-electron chi connectivity index (χ0n) is 12.2. The van der Waals surface area contributed by atoms with E-state index in [4.69, 9.17) is 6.42 Å². The van der Waals surface area contributed by atoms with E-state index in [2.05, 4.69) is 40.7 Å². The highest BCUT2D eigenvalue weighted by Gasteiger charge is 2.21. The molecular weight excluding hydrogens is 280 g/mol. The highest BCUT2D eigenvalue weighted by molar-refractivity contribution is 7.99. The van der Waals surface area contributed by atoms with Crippen molar-refractivity contribution in [2.75, 3.05) is 5.75 Å². The Balaban J connectivity index is 2.19. The van der Waals surface area contributed by atoms with Crippen molar-refractivity contribution in [3.8, 4) is 12.3 Å². The van der Waals surface area contributed by atoms with E-state index in [0.29, 0.717) is 12.2 Å². The molecule has 0 bridgehead atoms. The number of amides is 1. The van der Waals surface area contributed by atoms with Gasteiger partial charge in [0.15, 0.2) is 0 Å². The summed E-state index contributed by atoms with van der Waals surface area (Å²) in [6.45, 7) is 4.04. The number of thioether (sulfide) groups is 1. The molecule has 0 fully saturated rings. The number of allylic oxidation sites excluding steroid dienone is 1. The molecule has 0 radical (unpaired) electrons. The van der Waals surface area contributed by atoms with E-state index in [-0.39, 0.29) is 11.8 Å². The Kier molecular flexibility index (Phi) is 5.24. The van der Waals surface area contributed by atoms with Crippen LogP contribution >= 0.6 is 11.8 Å². The second-order valence-corrected chi connectivity index (χ2v) is 6.08. The van der Waals surface area contributed by atoms with E-state index in [9.17, 15) is 4.79 Å². The van der Waals surface area contributed by atoms with Gasteiger partial charge < -0.3 is 0 Å². The van der Waals surface area contributed by atoms with Crippen LogP contribution in [-0.2, 0) is 4.79 Å². The van der Waals surface area contributed by atoms with Crippen LogP contribution in [0.3, 0.4) is 0 Å². The van der Waals surface area contributed by atoms with Crippen molar-refractivity contribution in [2.24, 2.45) is 11.0 Å². The fraction of sp³-hybridized carbons (Fsp3) is 0.294. The van der Waals surface area contributed by atoms with Gasteiger partial charge in [0.1, 0.15) is 0 Å². The van der Waals surface area contributed by atoms with Crippen LogP contribution in [0.15, 0.2) is 39.8 Å². The standard InChI is InChI=1S/C17H18N2OS/c1-4-8-21-15-7-5-6-14(11-15)9-12(2)17-13(3)10-16(20)18-19-17/h1,5-7,9,11,13H,8,10H2,2-3H3,(H,18,20). The maximum Gasteiger partial charge on any atom is 0.240 e. The molecule has 2 rings (SSSR count). The van der Waals surface area contributed by atoms with Gasteiger partial charge in [0, 0.05) is 17.2 Å². The SMILES string of the molecule is C#CCSc1cccc(C=C(C)C2=NNC(=O)CC2C)c1. The van der Waals surface area contributed by atoms with Gasteiger partial charge in [-0.15, -0.1) is 18.2 Å². The highest BCUT2D eigenvalue weighted by Crippen LogP contribution is 2.22. The van der Waals surface area contributed by atoms with Crippen LogP contribution in [0.1, 0.15) is 25.8 Å². The molecule has 1 aliphatic rings. The molecule has 1 heterocycles. The molecule has 1 amide bonds. The van der Waals surface area contributed by atoms with Gasteiger partial charge in [0.25, 0.3) is 0 Å². The fourth-order valence-electron chi connectivity index (χ4n) is 2.27. The Bertz CT molecular complexity index is 640. The first kappa shape index (κ1) is 15.4. The van der Waals surface area contributed by atoms with E-state index < -0.39 is 0 Å². The zero-order chi connectivity index (χ0) is 15.2. The molecule has 0 saturated heterocycles. The van der Waals surface area contributed by atoms with E-state index in [0.717, 1.165) is 21.7 Å². The Labute approximate surface area is 129 Å². The molecule has 1 unspecified atom stereocenters. The first-order chi connectivity index (χ1) is 10.1. The van der Waals surface area contributed by atoms with Gasteiger partial charge in [-0.1, -0.05) is 31.1 Å². The first-order valence-electron chi connectivity index (χ1n) is 6.81. The smallest absolute Gasteiger partial charge is 0.240 e. The lowest BCUT2D eigenvalue weighted by molar-refractivity contribution is -0.121. The second-order valence-electron chi connectivity index (χ2n) is 5.03. The quantitative estimate of drug-likeness (QED) is 0.684. The molecule has 1 aromatic rings. The number of carbonyl (C=O) groups is 1. The van der Waals surface area contributed by atoms with Gasteiger partial charge in [0.05, 0.1) is 11.5 Å². The van der Waals surface area contributed by atoms with Gasteiger partial charge in [-0.3, -0.25) is 4.79 Å². The zero-order valence-corrected chi connectivity index (χ0v) is 13.0. The Morgan fingerprint density at radius 3 is 3.14 bits per heavy atom. The minimum Gasteiger partial charge on any atom is -0.273 e. The highest BCUT2D eigenvalue weighted by atomic mass is 32.2. The molecule has 3 nitrogen and oxygen atoms in total. The van der Waals surface area contributed by atoms with Crippen molar-refractivity contribution in [3.05, 3.63) is 35.4 Å². The molecule has 108 valence electrons. The fourth-order valence-corrected chi connectivity index (χ4v) is 2.92. The summed E-state index contributed by atoms with van der Waals surface area (Å²) < 4.78 is 0. The summed E-state index contributed by atoms with van der Waals surface area (Å²) in [7, 11) is 0. The molecule has 0 aliphatic carbocycles. The number of carbonyl (C=O) groups excluding carboxylic acids is 1. The van der Waals surface area contributed by atoms with E-state index in [1.807, 2.05) is 19.9 Å². The molecule has 1 aromatic carbocycles. The summed E-state index contributed by atoms with van der Waals surface area (Å²) >= 11 is 1.65. The summed E-state index contributed by atoms with van der Waals surface area (Å²) in [5.74, 6) is 3.42. The number of rotatable bonds is 4. The van der Waals surface area contributed by atoms with Crippen LogP contribution in [0.4, 0.5) is 0 Å². The number of nitrogens with one attached hydrogen (secondary N) is 1. The van der Waals surface area contributed by atoms with Gasteiger partial charge >= 0.3 is 0 Å². The molecule has 1 N–H and O–H groups in total. The van der Waals surface area contributed by atoms with Crippen LogP contribution in [0.2, 0.25) is 0 Å². The van der Waals surface area contributed by atoms with Crippen molar-refractivity contribution >= 4 is 29.5 Å². The number of terminal acetylenes is 1. The van der Waals surface area contributed by atoms with E-state index in [1.54, 1.807) is 11.8 Å². The predicted molar refractivity (Wildman–Crippen MR) is 89.0 cm³/mol. The summed E-state index contributed by atoms with van der Waals surface area (Å²) in [5.41, 5.74) is 5.67. The largest absolute Gasteiger partial charge is 0.273 e. The van der Waals surface area contributed by atoms with Gasteiger partial charge in [-0.2, -0.15) is 5.10 Å². The van der Waals surface area contributed by atoms with Crippen molar-refractivity contribution in [2.45, 2.75) is 25.2 Å². The van der Waals surface area contributed by atoms with Crippen molar-refractivity contribution in [1.29, 1.82) is 0 Å². The lowest BCUT2D eigenvalue weighted by atomic mass is 9.94. The minimum absolute atomic E-state index is 0.0215. The minimum atomic E-state index is -0.0215. The molecule has 0 spiro atoms. The maximum atomic E-state index is 11.3.